The van der Waals surface area contributed by atoms with Gasteiger partial charge < -0.3 is 9.53 Å². The summed E-state index contributed by atoms with van der Waals surface area (Å²) in [7, 11) is -1.95. The molecule has 0 amide bonds. The van der Waals surface area contributed by atoms with Crippen molar-refractivity contribution in [1.82, 2.24) is 0 Å². The van der Waals surface area contributed by atoms with Crippen LogP contribution in [0.15, 0.2) is 36.4 Å². The van der Waals surface area contributed by atoms with E-state index in [9.17, 15) is 5.11 Å². The van der Waals surface area contributed by atoms with E-state index in [1.54, 1.807) is 6.07 Å². The molecule has 0 unspecified atom stereocenters. The minimum atomic E-state index is -1.95. The van der Waals surface area contributed by atoms with E-state index in [1.165, 1.54) is 0 Å². The molecule has 2 nitrogen and oxygen atoms in total. The Kier molecular flexibility index (Phi) is 3.35. The molecule has 1 N–H and O–H groups in total. The predicted octanol–water partition coefficient (Wildman–Crippen LogP) is 4.93. The highest BCUT2D eigenvalue weighted by molar-refractivity contribution is 6.74. The Labute approximate surface area is 116 Å². The van der Waals surface area contributed by atoms with E-state index in [0.717, 1.165) is 10.8 Å². The minimum Gasteiger partial charge on any atom is -0.541 e. The summed E-state index contributed by atoms with van der Waals surface area (Å²) in [6.07, 6.45) is 0. The van der Waals surface area contributed by atoms with E-state index in [0.29, 0.717) is 5.75 Å². The first-order chi connectivity index (χ1) is 8.72. The Morgan fingerprint density at radius 1 is 1.00 bits per heavy atom. The number of aromatic hydroxyl groups is 1. The molecular weight excluding hydrogens is 252 g/mol. The summed E-state index contributed by atoms with van der Waals surface area (Å²) in [5.74, 6) is 0.855. The van der Waals surface area contributed by atoms with Gasteiger partial charge in [-0.05, 0) is 29.6 Å². The third-order valence-electron chi connectivity index (χ3n) is 4.02. The number of hydrogen-bond donors (Lipinski definition) is 1. The molecule has 102 valence electrons. The molecule has 0 aliphatic heterocycles. The first-order valence-corrected chi connectivity index (χ1v) is 9.53. The van der Waals surface area contributed by atoms with Crippen LogP contribution < -0.4 is 4.43 Å². The van der Waals surface area contributed by atoms with Crippen molar-refractivity contribution < 1.29 is 9.53 Å². The maximum absolute atomic E-state index is 10.1. The molecule has 0 fully saturated rings. The van der Waals surface area contributed by atoms with Gasteiger partial charge >= 0.3 is 0 Å². The number of rotatable bonds is 2. The van der Waals surface area contributed by atoms with E-state index in [4.69, 9.17) is 4.43 Å². The Hall–Kier alpha value is -1.48. The quantitative estimate of drug-likeness (QED) is 0.787. The molecule has 3 heteroatoms. The SMILES string of the molecule is CC(C)(C)[Si](C)(C)Oc1c(O)ccc2ccccc12. The van der Waals surface area contributed by atoms with E-state index in [-0.39, 0.29) is 10.8 Å². The standard InChI is InChI=1S/C16H22O2Si/c1-16(2,3)19(4,5)18-15-13-9-7-6-8-12(13)10-11-14(15)17/h6-11,17H,1-5H3. The van der Waals surface area contributed by atoms with Crippen LogP contribution in [-0.4, -0.2) is 13.4 Å². The summed E-state index contributed by atoms with van der Waals surface area (Å²) < 4.78 is 6.30. The smallest absolute Gasteiger partial charge is 0.250 e. The molecule has 0 aromatic heterocycles. The van der Waals surface area contributed by atoms with Gasteiger partial charge in [0.1, 0.15) is 0 Å². The highest BCUT2D eigenvalue weighted by Crippen LogP contribution is 2.42. The summed E-state index contributed by atoms with van der Waals surface area (Å²) in [6.45, 7) is 11.0. The maximum atomic E-state index is 10.1. The van der Waals surface area contributed by atoms with E-state index in [2.05, 4.69) is 33.9 Å². The van der Waals surface area contributed by atoms with Gasteiger partial charge in [-0.3, -0.25) is 0 Å². The van der Waals surface area contributed by atoms with Crippen LogP contribution in [-0.2, 0) is 0 Å². The summed E-state index contributed by atoms with van der Waals surface area (Å²) in [5.41, 5.74) is 0. The van der Waals surface area contributed by atoms with Crippen LogP contribution in [0.4, 0.5) is 0 Å². The van der Waals surface area contributed by atoms with Crippen molar-refractivity contribution in [3.63, 3.8) is 0 Å². The average molecular weight is 274 g/mol. The first kappa shape index (κ1) is 13.9. The van der Waals surface area contributed by atoms with Crippen LogP contribution >= 0.6 is 0 Å². The molecule has 2 aromatic rings. The predicted molar refractivity (Wildman–Crippen MR) is 83.4 cm³/mol. The van der Waals surface area contributed by atoms with E-state index < -0.39 is 8.32 Å². The van der Waals surface area contributed by atoms with Gasteiger partial charge in [-0.15, -0.1) is 0 Å². The van der Waals surface area contributed by atoms with Crippen LogP contribution in [0, 0.1) is 0 Å². The van der Waals surface area contributed by atoms with Crippen molar-refractivity contribution in [1.29, 1.82) is 0 Å². The Morgan fingerprint density at radius 3 is 2.26 bits per heavy atom. The summed E-state index contributed by atoms with van der Waals surface area (Å²) in [4.78, 5) is 0. The Bertz CT molecular complexity index is 597. The second kappa shape index (κ2) is 4.56. The van der Waals surface area contributed by atoms with Crippen LogP contribution in [0.3, 0.4) is 0 Å². The molecule has 0 aliphatic carbocycles. The van der Waals surface area contributed by atoms with Gasteiger partial charge in [0.2, 0.25) is 0 Å². The molecule has 0 bridgehead atoms. The number of phenols is 1. The van der Waals surface area contributed by atoms with Gasteiger partial charge in [0.15, 0.2) is 11.5 Å². The highest BCUT2D eigenvalue weighted by atomic mass is 28.4. The van der Waals surface area contributed by atoms with Crippen molar-refractivity contribution in [2.45, 2.75) is 38.9 Å². The molecule has 2 rings (SSSR count). The normalized spacial score (nSPS) is 12.7. The average Bonchev–Trinajstić information content (AvgIpc) is 2.31. The molecule has 0 atom stereocenters. The van der Waals surface area contributed by atoms with Gasteiger partial charge in [0.25, 0.3) is 8.32 Å². The van der Waals surface area contributed by atoms with Crippen molar-refractivity contribution in [3.05, 3.63) is 36.4 Å². The summed E-state index contributed by atoms with van der Waals surface area (Å²) in [6, 6.07) is 11.6. The zero-order chi connectivity index (χ0) is 14.3. The van der Waals surface area contributed by atoms with Gasteiger partial charge in [-0.1, -0.05) is 51.1 Å². The first-order valence-electron chi connectivity index (χ1n) is 6.62. The molecule has 0 spiro atoms. The van der Waals surface area contributed by atoms with Crippen LogP contribution in [0.1, 0.15) is 20.8 Å². The Balaban J connectivity index is 2.54. The highest BCUT2D eigenvalue weighted by Gasteiger charge is 2.39. The second-order valence-corrected chi connectivity index (χ2v) is 11.2. The molecular formula is C16H22O2Si. The van der Waals surface area contributed by atoms with Gasteiger partial charge in [0.05, 0.1) is 0 Å². The lowest BCUT2D eigenvalue weighted by Crippen LogP contribution is -2.43. The zero-order valence-corrected chi connectivity index (χ0v) is 13.3. The van der Waals surface area contributed by atoms with Crippen LogP contribution in [0.25, 0.3) is 10.8 Å². The van der Waals surface area contributed by atoms with Crippen LogP contribution in [0.5, 0.6) is 11.5 Å². The summed E-state index contributed by atoms with van der Waals surface area (Å²) >= 11 is 0. The number of fused-ring (bicyclic) bond motifs is 1. The third kappa shape index (κ3) is 2.61. The lowest BCUT2D eigenvalue weighted by atomic mass is 10.1. The van der Waals surface area contributed by atoms with Crippen molar-refractivity contribution >= 4 is 19.1 Å². The third-order valence-corrected chi connectivity index (χ3v) is 8.35. The topological polar surface area (TPSA) is 29.5 Å². The monoisotopic (exact) mass is 274 g/mol. The van der Waals surface area contributed by atoms with Crippen molar-refractivity contribution in [2.24, 2.45) is 0 Å². The minimum absolute atomic E-state index is 0.108. The molecule has 0 saturated heterocycles. The van der Waals surface area contributed by atoms with Crippen LogP contribution in [0.2, 0.25) is 18.1 Å². The van der Waals surface area contributed by atoms with E-state index in [1.807, 2.05) is 30.3 Å². The molecule has 0 radical (unpaired) electrons. The van der Waals surface area contributed by atoms with Gasteiger partial charge in [-0.2, -0.15) is 0 Å². The zero-order valence-electron chi connectivity index (χ0n) is 12.3. The number of benzene rings is 2. The summed E-state index contributed by atoms with van der Waals surface area (Å²) in [5, 5.41) is 12.3. The fourth-order valence-corrected chi connectivity index (χ4v) is 2.78. The fraction of sp³-hybridized carbons (Fsp3) is 0.375. The van der Waals surface area contributed by atoms with Crippen molar-refractivity contribution in [2.75, 3.05) is 0 Å². The molecule has 2 aromatic carbocycles. The number of phenolic OH excluding ortho intramolecular Hbond substituents is 1. The lowest BCUT2D eigenvalue weighted by Gasteiger charge is -2.36. The molecule has 0 saturated carbocycles. The molecule has 0 heterocycles. The second-order valence-electron chi connectivity index (χ2n) is 6.50. The largest absolute Gasteiger partial charge is 0.541 e. The molecule has 0 aliphatic rings. The fourth-order valence-electron chi connectivity index (χ4n) is 1.75. The van der Waals surface area contributed by atoms with E-state index >= 15 is 0 Å². The maximum Gasteiger partial charge on any atom is 0.250 e. The van der Waals surface area contributed by atoms with Crippen molar-refractivity contribution in [3.8, 4) is 11.5 Å². The molecule has 19 heavy (non-hydrogen) atoms. The lowest BCUT2D eigenvalue weighted by molar-refractivity contribution is 0.425. The Morgan fingerprint density at radius 2 is 1.63 bits per heavy atom. The van der Waals surface area contributed by atoms with Gasteiger partial charge in [0, 0.05) is 5.39 Å². The van der Waals surface area contributed by atoms with Gasteiger partial charge in [-0.25, -0.2) is 0 Å². The number of hydrogen-bond acceptors (Lipinski definition) is 2.